The van der Waals surface area contributed by atoms with Crippen LogP contribution >= 0.6 is 0 Å². The first-order valence-electron chi connectivity index (χ1n) is 6.85. The van der Waals surface area contributed by atoms with Crippen LogP contribution < -0.4 is 10.6 Å². The van der Waals surface area contributed by atoms with Crippen molar-refractivity contribution in [3.63, 3.8) is 0 Å². The van der Waals surface area contributed by atoms with Crippen LogP contribution in [0, 0.1) is 11.8 Å². The fourth-order valence-electron chi connectivity index (χ4n) is 2.47. The Bertz CT molecular complexity index is 255. The number of amides is 1. The van der Waals surface area contributed by atoms with E-state index in [1.807, 2.05) is 0 Å². The molecule has 90 valence electrons. The zero-order valence-electron chi connectivity index (χ0n) is 9.87. The summed E-state index contributed by atoms with van der Waals surface area (Å²) in [6, 6.07) is 1.24. The van der Waals surface area contributed by atoms with Crippen molar-refractivity contribution in [2.45, 2.75) is 57.0 Å². The van der Waals surface area contributed by atoms with Gasteiger partial charge in [0.2, 0.25) is 5.91 Å². The van der Waals surface area contributed by atoms with Gasteiger partial charge >= 0.3 is 0 Å². The molecule has 0 aromatic heterocycles. The van der Waals surface area contributed by atoms with Crippen LogP contribution in [0.25, 0.3) is 0 Å². The van der Waals surface area contributed by atoms with Gasteiger partial charge in [0, 0.05) is 25.0 Å². The molecule has 0 aromatic carbocycles. The number of rotatable bonds is 7. The maximum atomic E-state index is 11.8. The highest BCUT2D eigenvalue weighted by Gasteiger charge is 2.42. The normalized spacial score (nSPS) is 24.8. The van der Waals surface area contributed by atoms with E-state index in [1.54, 1.807) is 0 Å². The average Bonchev–Trinajstić information content (AvgIpc) is 3.15. The summed E-state index contributed by atoms with van der Waals surface area (Å²) >= 11 is 0. The number of carbonyl (C=O) groups excluding carboxylic acids is 1. The van der Waals surface area contributed by atoms with Gasteiger partial charge in [-0.05, 0) is 50.4 Å². The van der Waals surface area contributed by atoms with Gasteiger partial charge in [-0.1, -0.05) is 0 Å². The first-order valence-corrected chi connectivity index (χ1v) is 6.85. The molecule has 1 amide bonds. The van der Waals surface area contributed by atoms with Crippen molar-refractivity contribution in [2.24, 2.45) is 11.8 Å². The van der Waals surface area contributed by atoms with Gasteiger partial charge in [0.15, 0.2) is 0 Å². The summed E-state index contributed by atoms with van der Waals surface area (Å²) in [5.41, 5.74) is 0. The zero-order valence-corrected chi connectivity index (χ0v) is 9.87. The summed E-state index contributed by atoms with van der Waals surface area (Å²) in [7, 11) is 0. The second-order valence-corrected chi connectivity index (χ2v) is 5.75. The molecule has 3 heteroatoms. The number of hydrogen-bond acceptors (Lipinski definition) is 2. The van der Waals surface area contributed by atoms with Crippen LogP contribution in [0.5, 0.6) is 0 Å². The lowest BCUT2D eigenvalue weighted by Gasteiger charge is -2.17. The molecule has 3 aliphatic rings. The first kappa shape index (κ1) is 10.6. The Labute approximate surface area is 97.4 Å². The average molecular weight is 222 g/mol. The third-order valence-corrected chi connectivity index (χ3v) is 3.95. The molecule has 3 saturated carbocycles. The lowest BCUT2D eigenvalue weighted by atomic mass is 10.1. The molecule has 0 spiro atoms. The highest BCUT2D eigenvalue weighted by atomic mass is 16.1. The van der Waals surface area contributed by atoms with Crippen LogP contribution in [0.15, 0.2) is 0 Å². The minimum absolute atomic E-state index is 0.261. The Hall–Kier alpha value is -0.570. The number of nitrogens with one attached hydrogen (secondary N) is 2. The molecular formula is C13H22N2O. The number of carbonyl (C=O) groups is 1. The molecule has 0 radical (unpaired) electrons. The van der Waals surface area contributed by atoms with Gasteiger partial charge in [-0.3, -0.25) is 4.79 Å². The van der Waals surface area contributed by atoms with E-state index in [0.29, 0.717) is 12.5 Å². The minimum atomic E-state index is 0.261. The monoisotopic (exact) mass is 222 g/mol. The summed E-state index contributed by atoms with van der Waals surface area (Å²) in [5, 5.41) is 6.65. The summed E-state index contributed by atoms with van der Waals surface area (Å²) < 4.78 is 0. The van der Waals surface area contributed by atoms with E-state index in [9.17, 15) is 4.79 Å². The maximum absolute atomic E-state index is 11.8. The largest absolute Gasteiger partial charge is 0.353 e. The third kappa shape index (κ3) is 2.97. The molecule has 16 heavy (non-hydrogen) atoms. The predicted molar refractivity (Wildman–Crippen MR) is 63.0 cm³/mol. The van der Waals surface area contributed by atoms with Crippen molar-refractivity contribution in [3.8, 4) is 0 Å². The van der Waals surface area contributed by atoms with Gasteiger partial charge in [0.25, 0.3) is 0 Å². The van der Waals surface area contributed by atoms with Gasteiger partial charge in [0.1, 0.15) is 0 Å². The highest BCUT2D eigenvalue weighted by Crippen LogP contribution is 2.44. The van der Waals surface area contributed by atoms with Crippen LogP contribution in [0.1, 0.15) is 44.9 Å². The SMILES string of the molecule is O=C(CCNC1CC1)NC(C1CC1)C1CC1. The predicted octanol–water partition coefficient (Wildman–Crippen LogP) is 1.43. The van der Waals surface area contributed by atoms with Crippen molar-refractivity contribution in [1.29, 1.82) is 0 Å². The summed E-state index contributed by atoms with van der Waals surface area (Å²) in [6.45, 7) is 0.860. The number of hydrogen-bond donors (Lipinski definition) is 2. The Morgan fingerprint density at radius 3 is 2.19 bits per heavy atom. The molecule has 0 saturated heterocycles. The second kappa shape index (κ2) is 4.36. The lowest BCUT2D eigenvalue weighted by Crippen LogP contribution is -2.39. The Morgan fingerprint density at radius 1 is 1.06 bits per heavy atom. The fraction of sp³-hybridized carbons (Fsp3) is 0.923. The molecule has 0 bridgehead atoms. The first-order chi connectivity index (χ1) is 7.83. The van der Waals surface area contributed by atoms with E-state index in [-0.39, 0.29) is 5.91 Å². The quantitative estimate of drug-likeness (QED) is 0.684. The van der Waals surface area contributed by atoms with Crippen LogP contribution in [-0.2, 0) is 4.79 Å². The van der Waals surface area contributed by atoms with Crippen LogP contribution in [0.4, 0.5) is 0 Å². The van der Waals surface area contributed by atoms with E-state index in [1.165, 1.54) is 38.5 Å². The van der Waals surface area contributed by atoms with Gasteiger partial charge in [-0.15, -0.1) is 0 Å². The molecular weight excluding hydrogens is 200 g/mol. The van der Waals surface area contributed by atoms with Crippen LogP contribution in [0.3, 0.4) is 0 Å². The molecule has 2 N–H and O–H groups in total. The molecule has 3 fully saturated rings. The summed E-state index contributed by atoms with van der Waals surface area (Å²) in [4.78, 5) is 11.8. The van der Waals surface area contributed by atoms with E-state index in [2.05, 4.69) is 10.6 Å². The van der Waals surface area contributed by atoms with Crippen LogP contribution in [0.2, 0.25) is 0 Å². The maximum Gasteiger partial charge on any atom is 0.221 e. The molecule has 0 heterocycles. The van der Waals surface area contributed by atoms with Crippen LogP contribution in [-0.4, -0.2) is 24.5 Å². The Balaban J connectivity index is 1.36. The van der Waals surface area contributed by atoms with Crippen molar-refractivity contribution in [3.05, 3.63) is 0 Å². The third-order valence-electron chi connectivity index (χ3n) is 3.95. The van der Waals surface area contributed by atoms with Gasteiger partial charge in [-0.25, -0.2) is 0 Å². The molecule has 3 aliphatic carbocycles. The smallest absolute Gasteiger partial charge is 0.221 e. The van der Waals surface area contributed by atoms with E-state index in [4.69, 9.17) is 0 Å². The summed E-state index contributed by atoms with van der Waals surface area (Å²) in [5.74, 6) is 1.89. The lowest BCUT2D eigenvalue weighted by molar-refractivity contribution is -0.122. The van der Waals surface area contributed by atoms with E-state index in [0.717, 1.165) is 24.4 Å². The van der Waals surface area contributed by atoms with Crippen molar-refractivity contribution >= 4 is 5.91 Å². The molecule has 0 unspecified atom stereocenters. The Morgan fingerprint density at radius 2 is 1.69 bits per heavy atom. The van der Waals surface area contributed by atoms with Crippen molar-refractivity contribution in [1.82, 2.24) is 10.6 Å². The Kier molecular flexibility index (Phi) is 2.88. The fourth-order valence-corrected chi connectivity index (χ4v) is 2.47. The highest BCUT2D eigenvalue weighted by molar-refractivity contribution is 5.76. The second-order valence-electron chi connectivity index (χ2n) is 5.75. The molecule has 3 nitrogen and oxygen atoms in total. The molecule has 0 atom stereocenters. The molecule has 0 aromatic rings. The standard InChI is InChI=1S/C13H22N2O/c16-12(7-8-14-11-5-6-11)15-13(9-1-2-9)10-3-4-10/h9-11,13-14H,1-8H2,(H,15,16). The van der Waals surface area contributed by atoms with Crippen molar-refractivity contribution in [2.75, 3.05) is 6.54 Å². The van der Waals surface area contributed by atoms with Gasteiger partial charge < -0.3 is 10.6 Å². The van der Waals surface area contributed by atoms with Crippen molar-refractivity contribution < 1.29 is 4.79 Å². The molecule has 3 rings (SSSR count). The van der Waals surface area contributed by atoms with Gasteiger partial charge in [0.05, 0.1) is 0 Å². The molecule has 0 aliphatic heterocycles. The van der Waals surface area contributed by atoms with Gasteiger partial charge in [-0.2, -0.15) is 0 Å². The van der Waals surface area contributed by atoms with E-state index >= 15 is 0 Å². The summed E-state index contributed by atoms with van der Waals surface area (Å²) in [6.07, 6.45) is 8.60. The minimum Gasteiger partial charge on any atom is -0.353 e. The topological polar surface area (TPSA) is 41.1 Å². The van der Waals surface area contributed by atoms with E-state index < -0.39 is 0 Å². The zero-order chi connectivity index (χ0) is 11.0.